The zero-order valence-electron chi connectivity index (χ0n) is 8.99. The topological polar surface area (TPSA) is 64.9 Å². The third kappa shape index (κ3) is 3.17. The molecule has 0 aliphatic carbocycles. The van der Waals surface area contributed by atoms with Gasteiger partial charge in [0.1, 0.15) is 0 Å². The molecular formula is C11H11ClIN3O. The first kappa shape index (κ1) is 12.8. The average molecular weight is 364 g/mol. The Morgan fingerprint density at radius 3 is 2.94 bits per heavy atom. The Bertz CT molecular complexity index is 515. The maximum Gasteiger partial charge on any atom is 0.257 e. The number of aromatic nitrogens is 2. The Balaban J connectivity index is 2.21. The van der Waals surface area contributed by atoms with Gasteiger partial charge in [0, 0.05) is 15.6 Å². The van der Waals surface area contributed by atoms with E-state index in [0.29, 0.717) is 23.3 Å². The number of nitrogens with two attached hydrogens (primary N) is 1. The fourth-order valence-electron chi connectivity index (χ4n) is 1.36. The number of rotatable bonds is 4. The van der Waals surface area contributed by atoms with Gasteiger partial charge in [0.2, 0.25) is 0 Å². The Labute approximate surface area is 118 Å². The molecule has 0 saturated carbocycles. The smallest absolute Gasteiger partial charge is 0.257 e. The fraction of sp³-hybridized carbons (Fsp3) is 0.273. The van der Waals surface area contributed by atoms with Crippen LogP contribution in [-0.2, 0) is 6.42 Å². The van der Waals surface area contributed by atoms with E-state index in [1.807, 2.05) is 18.2 Å². The molecule has 2 aromatic rings. The van der Waals surface area contributed by atoms with Crippen molar-refractivity contribution in [2.45, 2.75) is 12.8 Å². The Kier molecular flexibility index (Phi) is 4.36. The van der Waals surface area contributed by atoms with Crippen molar-refractivity contribution in [1.82, 2.24) is 10.1 Å². The third-order valence-corrected chi connectivity index (χ3v) is 3.81. The van der Waals surface area contributed by atoms with Gasteiger partial charge in [0.05, 0.1) is 5.02 Å². The Morgan fingerprint density at radius 1 is 1.41 bits per heavy atom. The molecule has 0 aliphatic heterocycles. The molecule has 0 unspecified atom stereocenters. The second-order valence-corrected chi connectivity index (χ2v) is 5.11. The van der Waals surface area contributed by atoms with Crippen molar-refractivity contribution < 1.29 is 4.52 Å². The van der Waals surface area contributed by atoms with Gasteiger partial charge >= 0.3 is 0 Å². The predicted octanol–water partition coefficient (Wildman–Crippen LogP) is 2.89. The van der Waals surface area contributed by atoms with Crippen LogP contribution in [0.4, 0.5) is 0 Å². The summed E-state index contributed by atoms with van der Waals surface area (Å²) in [5.41, 5.74) is 6.26. The van der Waals surface area contributed by atoms with Gasteiger partial charge in [0.25, 0.3) is 5.89 Å². The number of hydrogen-bond acceptors (Lipinski definition) is 4. The van der Waals surface area contributed by atoms with Crippen molar-refractivity contribution in [3.05, 3.63) is 32.6 Å². The summed E-state index contributed by atoms with van der Waals surface area (Å²) in [6, 6.07) is 5.65. The first-order valence-corrected chi connectivity index (χ1v) is 6.64. The lowest BCUT2D eigenvalue weighted by atomic mass is 10.2. The van der Waals surface area contributed by atoms with Crippen LogP contribution in [0.15, 0.2) is 22.7 Å². The molecule has 0 bridgehead atoms. The summed E-state index contributed by atoms with van der Waals surface area (Å²) in [7, 11) is 0. The van der Waals surface area contributed by atoms with Crippen molar-refractivity contribution >= 4 is 34.2 Å². The van der Waals surface area contributed by atoms with Gasteiger partial charge in [-0.3, -0.25) is 0 Å². The van der Waals surface area contributed by atoms with Crippen LogP contribution in [-0.4, -0.2) is 16.7 Å². The number of nitrogens with zero attached hydrogens (tertiary/aromatic N) is 2. The molecule has 0 aliphatic rings. The Morgan fingerprint density at radius 2 is 2.24 bits per heavy atom. The van der Waals surface area contributed by atoms with Crippen LogP contribution in [0.5, 0.6) is 0 Å². The van der Waals surface area contributed by atoms with E-state index in [0.717, 1.165) is 22.0 Å². The molecule has 2 rings (SSSR count). The molecule has 17 heavy (non-hydrogen) atoms. The second kappa shape index (κ2) is 5.79. The molecule has 0 saturated heterocycles. The summed E-state index contributed by atoms with van der Waals surface area (Å²) in [6.07, 6.45) is 1.59. The lowest BCUT2D eigenvalue weighted by molar-refractivity contribution is 0.422. The van der Waals surface area contributed by atoms with Gasteiger partial charge in [-0.05, 0) is 53.8 Å². The summed E-state index contributed by atoms with van der Waals surface area (Å²) in [4.78, 5) is 4.29. The summed E-state index contributed by atoms with van der Waals surface area (Å²) >= 11 is 8.21. The van der Waals surface area contributed by atoms with Crippen LogP contribution in [0.1, 0.15) is 12.2 Å². The predicted molar refractivity (Wildman–Crippen MR) is 74.8 cm³/mol. The van der Waals surface area contributed by atoms with E-state index in [4.69, 9.17) is 21.9 Å². The summed E-state index contributed by atoms with van der Waals surface area (Å²) in [6.45, 7) is 0.624. The third-order valence-electron chi connectivity index (χ3n) is 2.24. The number of halogens is 2. The molecule has 0 atom stereocenters. The SMILES string of the molecule is NCCCc1noc(-c2ccc(I)c(Cl)c2)n1. The van der Waals surface area contributed by atoms with Gasteiger partial charge in [-0.25, -0.2) is 0 Å². The zero-order chi connectivity index (χ0) is 12.3. The second-order valence-electron chi connectivity index (χ2n) is 3.54. The highest BCUT2D eigenvalue weighted by Crippen LogP contribution is 2.25. The van der Waals surface area contributed by atoms with Crippen LogP contribution in [0.3, 0.4) is 0 Å². The van der Waals surface area contributed by atoms with Gasteiger partial charge in [0.15, 0.2) is 5.82 Å². The summed E-state index contributed by atoms with van der Waals surface area (Å²) in [5.74, 6) is 1.18. The molecule has 1 aromatic carbocycles. The lowest BCUT2D eigenvalue weighted by Gasteiger charge is -1.97. The van der Waals surface area contributed by atoms with E-state index >= 15 is 0 Å². The molecule has 2 N–H and O–H groups in total. The maximum atomic E-state index is 6.04. The molecule has 4 nitrogen and oxygen atoms in total. The fourth-order valence-corrected chi connectivity index (χ4v) is 1.88. The van der Waals surface area contributed by atoms with Gasteiger partial charge in [-0.15, -0.1) is 0 Å². The quantitative estimate of drug-likeness (QED) is 0.848. The first-order chi connectivity index (χ1) is 8.20. The van der Waals surface area contributed by atoms with Gasteiger partial charge in [-0.1, -0.05) is 16.8 Å². The van der Waals surface area contributed by atoms with E-state index in [9.17, 15) is 0 Å². The molecule has 0 fully saturated rings. The van der Waals surface area contributed by atoms with Crippen molar-refractivity contribution in [3.63, 3.8) is 0 Å². The monoisotopic (exact) mass is 363 g/mol. The van der Waals surface area contributed by atoms with Crippen molar-refractivity contribution in [1.29, 1.82) is 0 Å². The van der Waals surface area contributed by atoms with Crippen LogP contribution >= 0.6 is 34.2 Å². The van der Waals surface area contributed by atoms with E-state index in [2.05, 4.69) is 32.7 Å². The lowest BCUT2D eigenvalue weighted by Crippen LogP contribution is -2.01. The van der Waals surface area contributed by atoms with Crippen LogP contribution < -0.4 is 5.73 Å². The zero-order valence-corrected chi connectivity index (χ0v) is 11.9. The van der Waals surface area contributed by atoms with E-state index < -0.39 is 0 Å². The molecular weight excluding hydrogens is 352 g/mol. The largest absolute Gasteiger partial charge is 0.334 e. The standard InChI is InChI=1S/C11H11ClIN3O/c12-8-6-7(3-4-9(8)13)11-15-10(16-17-11)2-1-5-14/h3-4,6H,1-2,5,14H2. The molecule has 6 heteroatoms. The van der Waals surface area contributed by atoms with Gasteiger partial charge < -0.3 is 10.3 Å². The molecule has 0 spiro atoms. The molecule has 90 valence electrons. The number of aryl methyl sites for hydroxylation is 1. The van der Waals surface area contributed by atoms with E-state index in [1.54, 1.807) is 0 Å². The number of benzene rings is 1. The summed E-state index contributed by atoms with van der Waals surface area (Å²) in [5, 5.41) is 4.58. The molecule has 0 radical (unpaired) electrons. The minimum Gasteiger partial charge on any atom is -0.334 e. The molecule has 1 heterocycles. The normalized spacial score (nSPS) is 10.8. The van der Waals surface area contributed by atoms with Crippen molar-refractivity contribution in [2.24, 2.45) is 5.73 Å². The highest BCUT2D eigenvalue weighted by Gasteiger charge is 2.09. The Hall–Kier alpha value is -0.660. The average Bonchev–Trinajstić information content (AvgIpc) is 2.79. The molecule has 0 amide bonds. The first-order valence-electron chi connectivity index (χ1n) is 5.19. The number of hydrogen-bond donors (Lipinski definition) is 1. The minimum atomic E-state index is 0.496. The van der Waals surface area contributed by atoms with Crippen molar-refractivity contribution in [2.75, 3.05) is 6.54 Å². The minimum absolute atomic E-state index is 0.496. The maximum absolute atomic E-state index is 6.04. The highest BCUT2D eigenvalue weighted by molar-refractivity contribution is 14.1. The van der Waals surface area contributed by atoms with Crippen LogP contribution in [0.2, 0.25) is 5.02 Å². The molecule has 1 aromatic heterocycles. The van der Waals surface area contributed by atoms with Gasteiger partial charge in [-0.2, -0.15) is 4.98 Å². The van der Waals surface area contributed by atoms with E-state index in [-0.39, 0.29) is 0 Å². The van der Waals surface area contributed by atoms with Crippen LogP contribution in [0.25, 0.3) is 11.5 Å². The summed E-state index contributed by atoms with van der Waals surface area (Å²) < 4.78 is 6.18. The highest BCUT2D eigenvalue weighted by atomic mass is 127. The van der Waals surface area contributed by atoms with Crippen molar-refractivity contribution in [3.8, 4) is 11.5 Å². The van der Waals surface area contributed by atoms with E-state index in [1.165, 1.54) is 0 Å². The van der Waals surface area contributed by atoms with Crippen LogP contribution in [0, 0.1) is 3.57 Å².